The van der Waals surface area contributed by atoms with E-state index in [1.54, 1.807) is 6.07 Å². The Morgan fingerprint density at radius 1 is 1.04 bits per heavy atom. The first kappa shape index (κ1) is 21.4. The number of hydrogen-bond donors (Lipinski definition) is 2. The molecule has 25 heavy (non-hydrogen) atoms. The van der Waals surface area contributed by atoms with Crippen LogP contribution in [-0.4, -0.2) is 51.1 Å². The number of nitrogens with zero attached hydrogens (tertiary/aromatic N) is 2. The van der Waals surface area contributed by atoms with Crippen molar-refractivity contribution >= 4 is 5.96 Å². The van der Waals surface area contributed by atoms with Crippen LogP contribution in [0.5, 0.6) is 0 Å². The summed E-state index contributed by atoms with van der Waals surface area (Å²) >= 11 is 0. The van der Waals surface area contributed by atoms with E-state index in [0.29, 0.717) is 13.0 Å². The van der Waals surface area contributed by atoms with E-state index >= 15 is 0 Å². The van der Waals surface area contributed by atoms with Gasteiger partial charge in [0.1, 0.15) is 5.82 Å². The molecule has 0 saturated carbocycles. The highest BCUT2D eigenvalue weighted by atomic mass is 19.1. The fourth-order valence-corrected chi connectivity index (χ4v) is 2.62. The predicted octanol–water partition coefficient (Wildman–Crippen LogP) is 3.44. The van der Waals surface area contributed by atoms with Crippen molar-refractivity contribution in [3.63, 3.8) is 0 Å². The van der Waals surface area contributed by atoms with Crippen LogP contribution < -0.4 is 10.6 Å². The fourth-order valence-electron chi connectivity index (χ4n) is 2.62. The molecule has 5 heteroatoms. The van der Waals surface area contributed by atoms with E-state index in [2.05, 4.69) is 41.5 Å². The smallest absolute Gasteiger partial charge is 0.191 e. The quantitative estimate of drug-likeness (QED) is 0.345. The molecule has 0 aliphatic carbocycles. The van der Waals surface area contributed by atoms with Crippen LogP contribution in [0.4, 0.5) is 4.39 Å². The van der Waals surface area contributed by atoms with Crippen LogP contribution in [-0.2, 0) is 6.42 Å². The maximum atomic E-state index is 13.6. The number of nitrogens with one attached hydrogen (secondary N) is 2. The first-order valence-corrected chi connectivity index (χ1v) is 9.53. The van der Waals surface area contributed by atoms with Crippen LogP contribution in [0, 0.1) is 5.82 Å². The Bertz CT molecular complexity index is 488. The second-order valence-corrected chi connectivity index (χ2v) is 6.60. The summed E-state index contributed by atoms with van der Waals surface area (Å²) in [5.41, 5.74) is 0.739. The molecule has 0 atom stereocenters. The van der Waals surface area contributed by atoms with Gasteiger partial charge >= 0.3 is 0 Å². The maximum absolute atomic E-state index is 13.6. The molecule has 0 radical (unpaired) electrons. The Morgan fingerprint density at radius 2 is 1.76 bits per heavy atom. The topological polar surface area (TPSA) is 39.7 Å². The van der Waals surface area contributed by atoms with Crippen molar-refractivity contribution in [2.75, 3.05) is 40.3 Å². The first-order valence-electron chi connectivity index (χ1n) is 9.53. The summed E-state index contributed by atoms with van der Waals surface area (Å²) in [7, 11) is 4.24. The molecule has 0 amide bonds. The molecular formula is C20H35FN4. The summed E-state index contributed by atoms with van der Waals surface area (Å²) in [4.78, 5) is 6.84. The van der Waals surface area contributed by atoms with Crippen molar-refractivity contribution in [2.24, 2.45) is 4.99 Å². The van der Waals surface area contributed by atoms with Crippen LogP contribution in [0.2, 0.25) is 0 Å². The van der Waals surface area contributed by atoms with Gasteiger partial charge in [-0.05, 0) is 58.5 Å². The minimum absolute atomic E-state index is 0.138. The van der Waals surface area contributed by atoms with E-state index in [9.17, 15) is 4.39 Å². The van der Waals surface area contributed by atoms with Crippen molar-refractivity contribution in [2.45, 2.75) is 45.4 Å². The third-order valence-electron chi connectivity index (χ3n) is 4.02. The van der Waals surface area contributed by atoms with Gasteiger partial charge in [-0.25, -0.2) is 4.39 Å². The van der Waals surface area contributed by atoms with Crippen LogP contribution in [0.25, 0.3) is 0 Å². The zero-order chi connectivity index (χ0) is 18.3. The molecule has 0 spiro atoms. The summed E-state index contributed by atoms with van der Waals surface area (Å²) in [6.45, 7) is 5.57. The SMILES string of the molecule is CCNC(=NCCCCCCCN(C)C)NCCc1ccccc1F. The Hall–Kier alpha value is -1.62. The number of unbranched alkanes of at least 4 members (excludes halogenated alkanes) is 4. The largest absolute Gasteiger partial charge is 0.357 e. The summed E-state index contributed by atoms with van der Waals surface area (Å²) < 4.78 is 13.6. The lowest BCUT2D eigenvalue weighted by molar-refractivity contribution is 0.390. The molecule has 1 aromatic carbocycles. The van der Waals surface area contributed by atoms with E-state index in [1.165, 1.54) is 38.3 Å². The molecule has 0 aromatic heterocycles. The lowest BCUT2D eigenvalue weighted by Crippen LogP contribution is -2.38. The zero-order valence-electron chi connectivity index (χ0n) is 16.2. The van der Waals surface area contributed by atoms with Crippen molar-refractivity contribution < 1.29 is 4.39 Å². The van der Waals surface area contributed by atoms with Crippen LogP contribution in [0.15, 0.2) is 29.3 Å². The number of halogens is 1. The number of benzene rings is 1. The Labute approximate surface area is 152 Å². The molecule has 1 aromatic rings. The maximum Gasteiger partial charge on any atom is 0.191 e. The summed E-state index contributed by atoms with van der Waals surface area (Å²) in [5, 5.41) is 6.53. The monoisotopic (exact) mass is 350 g/mol. The van der Waals surface area contributed by atoms with Gasteiger partial charge in [-0.1, -0.05) is 37.5 Å². The van der Waals surface area contributed by atoms with E-state index in [4.69, 9.17) is 0 Å². The summed E-state index contributed by atoms with van der Waals surface area (Å²) in [6.07, 6.45) is 6.85. The highest BCUT2D eigenvalue weighted by Gasteiger charge is 2.01. The van der Waals surface area contributed by atoms with Gasteiger partial charge in [0, 0.05) is 19.6 Å². The average Bonchev–Trinajstić information content (AvgIpc) is 2.58. The van der Waals surface area contributed by atoms with Crippen molar-refractivity contribution in [3.8, 4) is 0 Å². The summed E-state index contributed by atoms with van der Waals surface area (Å²) in [5.74, 6) is 0.687. The molecule has 2 N–H and O–H groups in total. The first-order chi connectivity index (χ1) is 12.1. The molecule has 0 saturated heterocycles. The molecule has 4 nitrogen and oxygen atoms in total. The zero-order valence-corrected chi connectivity index (χ0v) is 16.2. The van der Waals surface area contributed by atoms with E-state index < -0.39 is 0 Å². The molecule has 0 fully saturated rings. The van der Waals surface area contributed by atoms with Gasteiger partial charge in [-0.3, -0.25) is 4.99 Å². The molecule has 0 bridgehead atoms. The second kappa shape index (κ2) is 13.6. The normalized spacial score (nSPS) is 11.8. The molecular weight excluding hydrogens is 315 g/mol. The van der Waals surface area contributed by atoms with Crippen LogP contribution in [0.3, 0.4) is 0 Å². The Balaban J connectivity index is 2.19. The third kappa shape index (κ3) is 10.8. The van der Waals surface area contributed by atoms with Gasteiger partial charge in [0.15, 0.2) is 5.96 Å². The van der Waals surface area contributed by atoms with Gasteiger partial charge in [0.05, 0.1) is 0 Å². The minimum Gasteiger partial charge on any atom is -0.357 e. The average molecular weight is 351 g/mol. The van der Waals surface area contributed by atoms with Crippen LogP contribution in [0.1, 0.15) is 44.6 Å². The lowest BCUT2D eigenvalue weighted by Gasteiger charge is -2.11. The van der Waals surface area contributed by atoms with Gasteiger partial charge in [-0.15, -0.1) is 0 Å². The Kier molecular flexibility index (Phi) is 11.7. The second-order valence-electron chi connectivity index (χ2n) is 6.60. The van der Waals surface area contributed by atoms with Crippen molar-refractivity contribution in [3.05, 3.63) is 35.6 Å². The molecule has 0 aliphatic rings. The van der Waals surface area contributed by atoms with Crippen molar-refractivity contribution in [1.82, 2.24) is 15.5 Å². The van der Waals surface area contributed by atoms with Gasteiger partial charge in [0.25, 0.3) is 0 Å². The predicted molar refractivity (Wildman–Crippen MR) is 106 cm³/mol. The third-order valence-corrected chi connectivity index (χ3v) is 4.02. The molecule has 0 heterocycles. The van der Waals surface area contributed by atoms with Gasteiger partial charge < -0.3 is 15.5 Å². The number of aliphatic imine (C=N–C) groups is 1. The minimum atomic E-state index is -0.138. The van der Waals surface area contributed by atoms with Crippen molar-refractivity contribution in [1.29, 1.82) is 0 Å². The standard InChI is InChI=1S/C20H35FN4/c1-4-22-20(23-15-10-6-5-7-11-17-25(2)3)24-16-14-18-12-8-9-13-19(18)21/h8-9,12-13H,4-7,10-11,14-17H2,1-3H3,(H2,22,23,24). The molecule has 1 rings (SSSR count). The highest BCUT2D eigenvalue weighted by molar-refractivity contribution is 5.79. The number of rotatable bonds is 12. The van der Waals surface area contributed by atoms with E-state index in [-0.39, 0.29) is 5.82 Å². The van der Waals surface area contributed by atoms with Gasteiger partial charge in [0.2, 0.25) is 0 Å². The number of hydrogen-bond acceptors (Lipinski definition) is 2. The van der Waals surface area contributed by atoms with Crippen LogP contribution >= 0.6 is 0 Å². The van der Waals surface area contributed by atoms with E-state index in [1.807, 2.05) is 12.1 Å². The van der Waals surface area contributed by atoms with Gasteiger partial charge in [-0.2, -0.15) is 0 Å². The Morgan fingerprint density at radius 3 is 2.48 bits per heavy atom. The van der Waals surface area contributed by atoms with E-state index in [0.717, 1.165) is 31.0 Å². The fraction of sp³-hybridized carbons (Fsp3) is 0.650. The molecule has 142 valence electrons. The lowest BCUT2D eigenvalue weighted by atomic mass is 10.1. The summed E-state index contributed by atoms with van der Waals surface area (Å²) in [6, 6.07) is 6.93. The number of guanidine groups is 1. The molecule has 0 aliphatic heterocycles. The molecule has 0 unspecified atom stereocenters. The highest BCUT2D eigenvalue weighted by Crippen LogP contribution is 2.06.